The predicted molar refractivity (Wildman–Crippen MR) is 83.7 cm³/mol. The Morgan fingerprint density at radius 3 is 1.74 bits per heavy atom. The van der Waals surface area contributed by atoms with Gasteiger partial charge in [-0.15, -0.1) is 0 Å². The van der Waals surface area contributed by atoms with E-state index in [0.717, 1.165) is 0 Å². The minimum atomic E-state index is -1.84. The van der Waals surface area contributed by atoms with Crippen LogP contribution in [-0.4, -0.2) is 67.2 Å². The first-order chi connectivity index (χ1) is 15.2. The van der Waals surface area contributed by atoms with Crippen LogP contribution in [0.1, 0.15) is 41.4 Å². The minimum Gasteiger partial charge on any atom is -0.463 e. The standard InChI is InChI=1S/C16H22O11/c1-7(17)22-6-12-13(23-8(2)18)14(24-9(3)19)15(25-10(4)20)16(27-12)26-11(5)21/h12-16H,6H2,1-5H3/t12-,13-,14-,15+,16?/m1/s1/i1D,2D,3D,4D,5D. The maximum absolute atomic E-state index is 11.8. The average Bonchev–Trinajstić information content (AvgIpc) is 2.80. The van der Waals surface area contributed by atoms with Crippen LogP contribution in [-0.2, 0) is 52.4 Å². The highest BCUT2D eigenvalue weighted by Gasteiger charge is 2.53. The molecule has 0 spiro atoms. The fourth-order valence-electron chi connectivity index (χ4n) is 2.27. The largest absolute Gasteiger partial charge is 0.463 e. The van der Waals surface area contributed by atoms with Crippen molar-refractivity contribution < 1.29 is 59.2 Å². The van der Waals surface area contributed by atoms with E-state index >= 15 is 0 Å². The molecule has 0 bridgehead atoms. The van der Waals surface area contributed by atoms with E-state index in [1.165, 1.54) is 0 Å². The lowest BCUT2D eigenvalue weighted by Gasteiger charge is -2.43. The number of hydrogen-bond acceptors (Lipinski definition) is 11. The number of esters is 5. The van der Waals surface area contributed by atoms with Gasteiger partial charge in [0.25, 0.3) is 0 Å². The number of hydrogen-bond donors (Lipinski definition) is 0. The molecule has 5 atom stereocenters. The molecule has 0 aromatic carbocycles. The fourth-order valence-corrected chi connectivity index (χ4v) is 2.27. The molecule has 1 fully saturated rings. The summed E-state index contributed by atoms with van der Waals surface area (Å²) in [7, 11) is 0. The topological polar surface area (TPSA) is 141 Å². The molecular formula is C16H22O11. The van der Waals surface area contributed by atoms with Crippen molar-refractivity contribution in [3.05, 3.63) is 0 Å². The van der Waals surface area contributed by atoms with Crippen LogP contribution in [0.5, 0.6) is 0 Å². The Labute approximate surface area is 162 Å². The van der Waals surface area contributed by atoms with Crippen LogP contribution in [0.4, 0.5) is 0 Å². The Balaban J connectivity index is 3.40. The van der Waals surface area contributed by atoms with Crippen molar-refractivity contribution in [1.29, 1.82) is 0 Å². The van der Waals surface area contributed by atoms with Crippen LogP contribution in [0.15, 0.2) is 0 Å². The molecule has 11 nitrogen and oxygen atoms in total. The first-order valence-corrected chi connectivity index (χ1v) is 7.25. The van der Waals surface area contributed by atoms with Crippen LogP contribution >= 0.6 is 0 Å². The number of ether oxygens (including phenoxy) is 6. The molecule has 0 aliphatic carbocycles. The van der Waals surface area contributed by atoms with Gasteiger partial charge in [0.05, 0.1) is 0 Å². The Morgan fingerprint density at radius 2 is 1.19 bits per heavy atom. The monoisotopic (exact) mass is 395 g/mol. The Morgan fingerprint density at radius 1 is 0.704 bits per heavy atom. The summed E-state index contributed by atoms with van der Waals surface area (Å²) < 4.78 is 65.7. The molecule has 0 N–H and O–H groups in total. The van der Waals surface area contributed by atoms with E-state index in [2.05, 4.69) is 0 Å². The molecule has 0 amide bonds. The molecule has 0 saturated carbocycles. The molecule has 11 heteroatoms. The van der Waals surface area contributed by atoms with E-state index in [1.54, 1.807) is 0 Å². The molecule has 1 saturated heterocycles. The number of carbonyl (C=O) groups excluding carboxylic acids is 5. The highest BCUT2D eigenvalue weighted by Crippen LogP contribution is 2.29. The molecule has 152 valence electrons. The number of rotatable bonds is 6. The molecule has 1 rings (SSSR count). The molecule has 1 aliphatic heterocycles. The molecular weight excluding hydrogens is 368 g/mol. The fraction of sp³-hybridized carbons (Fsp3) is 0.688. The van der Waals surface area contributed by atoms with Crippen molar-refractivity contribution in [2.45, 2.75) is 65.2 Å². The summed E-state index contributed by atoms with van der Waals surface area (Å²) in [6.07, 6.45) is -8.52. The summed E-state index contributed by atoms with van der Waals surface area (Å²) in [4.78, 5) is 58.4. The van der Waals surface area contributed by atoms with E-state index in [1.807, 2.05) is 0 Å². The maximum atomic E-state index is 11.8. The SMILES string of the molecule is [2H]CC(=O)OC[C@H]1OC(OC(=O)C[2H])[C@@H](OC(=O)C[2H])[C@H](OC(=O)C[2H])[C@@H]1OC(=O)C[2H]. The second-order valence-corrected chi connectivity index (χ2v) is 5.08. The van der Waals surface area contributed by atoms with Gasteiger partial charge in [0, 0.05) is 41.4 Å². The van der Waals surface area contributed by atoms with Crippen molar-refractivity contribution >= 4 is 29.8 Å². The Bertz CT molecular complexity index is 691. The third-order valence-corrected chi connectivity index (χ3v) is 3.05. The van der Waals surface area contributed by atoms with Crippen molar-refractivity contribution in [2.24, 2.45) is 0 Å². The average molecular weight is 395 g/mol. The van der Waals surface area contributed by atoms with Gasteiger partial charge in [-0.1, -0.05) is 0 Å². The minimum absolute atomic E-state index is 0.684. The molecule has 0 aromatic rings. The zero-order valence-electron chi connectivity index (χ0n) is 19.1. The van der Waals surface area contributed by atoms with Gasteiger partial charge < -0.3 is 28.4 Å². The first kappa shape index (κ1) is 15.4. The van der Waals surface area contributed by atoms with Gasteiger partial charge in [-0.3, -0.25) is 24.0 Å². The lowest BCUT2D eigenvalue weighted by molar-refractivity contribution is -0.300. The lowest BCUT2D eigenvalue weighted by atomic mass is 9.98. The third kappa shape index (κ3) is 7.21. The molecule has 1 unspecified atom stereocenters. The van der Waals surface area contributed by atoms with Crippen molar-refractivity contribution in [1.82, 2.24) is 0 Å². The van der Waals surface area contributed by atoms with Crippen LogP contribution in [0.25, 0.3) is 0 Å². The van der Waals surface area contributed by atoms with Crippen molar-refractivity contribution in [2.75, 3.05) is 6.61 Å². The van der Waals surface area contributed by atoms with E-state index in [9.17, 15) is 24.0 Å². The van der Waals surface area contributed by atoms with E-state index in [0.29, 0.717) is 0 Å². The zero-order valence-corrected chi connectivity index (χ0v) is 14.1. The molecule has 27 heavy (non-hydrogen) atoms. The predicted octanol–water partition coefficient (Wildman–Crippen LogP) is -0.367. The number of carbonyl (C=O) groups is 5. The van der Waals surface area contributed by atoms with Crippen molar-refractivity contribution in [3.8, 4) is 0 Å². The van der Waals surface area contributed by atoms with E-state index in [4.69, 9.17) is 35.3 Å². The van der Waals surface area contributed by atoms with Crippen LogP contribution in [0.3, 0.4) is 0 Å². The van der Waals surface area contributed by atoms with Gasteiger partial charge in [-0.05, 0) is 0 Å². The normalized spacial score (nSPS) is 29.5. The van der Waals surface area contributed by atoms with E-state index < -0.39 is 102 Å². The molecule has 0 radical (unpaired) electrons. The zero-order chi connectivity index (χ0) is 24.3. The van der Waals surface area contributed by atoms with Gasteiger partial charge in [0.2, 0.25) is 12.4 Å². The van der Waals surface area contributed by atoms with Crippen LogP contribution < -0.4 is 0 Å². The van der Waals surface area contributed by atoms with Crippen molar-refractivity contribution in [3.63, 3.8) is 0 Å². The van der Waals surface area contributed by atoms with Gasteiger partial charge in [0.1, 0.15) is 12.7 Å². The molecule has 0 aromatic heterocycles. The lowest BCUT2D eigenvalue weighted by Crippen LogP contribution is -2.63. The second-order valence-electron chi connectivity index (χ2n) is 5.08. The van der Waals surface area contributed by atoms with E-state index in [-0.39, 0.29) is 0 Å². The highest BCUT2D eigenvalue weighted by molar-refractivity contribution is 5.69. The van der Waals surface area contributed by atoms with Gasteiger partial charge in [-0.2, -0.15) is 0 Å². The Kier molecular flexibility index (Phi) is 5.61. The second kappa shape index (κ2) is 9.86. The summed E-state index contributed by atoms with van der Waals surface area (Å²) in [6.45, 7) is -4.98. The quantitative estimate of drug-likeness (QED) is 0.429. The summed E-state index contributed by atoms with van der Waals surface area (Å²) >= 11 is 0. The van der Waals surface area contributed by atoms with Gasteiger partial charge in [0.15, 0.2) is 12.2 Å². The molecule has 1 heterocycles. The van der Waals surface area contributed by atoms with Crippen LogP contribution in [0, 0.1) is 0 Å². The molecule has 1 aliphatic rings. The smallest absolute Gasteiger partial charge is 0.305 e. The summed E-state index contributed by atoms with van der Waals surface area (Å²) in [5.41, 5.74) is 0. The first-order valence-electron chi connectivity index (χ1n) is 10.8. The Hall–Kier alpha value is -2.69. The maximum Gasteiger partial charge on any atom is 0.305 e. The van der Waals surface area contributed by atoms with Crippen LogP contribution in [0.2, 0.25) is 0 Å². The summed E-state index contributed by atoms with van der Waals surface area (Å²) in [5, 5.41) is 0. The van der Waals surface area contributed by atoms with Gasteiger partial charge in [-0.25, -0.2) is 0 Å². The summed E-state index contributed by atoms with van der Waals surface area (Å²) in [5.74, 6) is -5.60. The van der Waals surface area contributed by atoms with Gasteiger partial charge >= 0.3 is 29.8 Å². The highest BCUT2D eigenvalue weighted by atomic mass is 16.7. The summed E-state index contributed by atoms with van der Waals surface area (Å²) in [6, 6.07) is 0. The third-order valence-electron chi connectivity index (χ3n) is 3.05.